The molecule has 0 unspecified atom stereocenters. The van der Waals surface area contributed by atoms with E-state index in [0.29, 0.717) is 16.8 Å². The molecule has 17 heavy (non-hydrogen) atoms. The van der Waals surface area contributed by atoms with Crippen LogP contribution in [0.2, 0.25) is 0 Å². The highest BCUT2D eigenvalue weighted by molar-refractivity contribution is 6.31. The molecular formula is C11H11N3O3. The first-order valence-corrected chi connectivity index (χ1v) is 4.97. The molecular weight excluding hydrogens is 222 g/mol. The van der Waals surface area contributed by atoms with E-state index < -0.39 is 4.92 Å². The lowest BCUT2D eigenvalue weighted by Gasteiger charge is -2.05. The molecule has 0 radical (unpaired) electrons. The van der Waals surface area contributed by atoms with E-state index in [0.717, 1.165) is 0 Å². The van der Waals surface area contributed by atoms with Crippen LogP contribution in [0.4, 0.5) is 11.4 Å². The number of nitro benzene ring substituents is 1. The lowest BCUT2D eigenvalue weighted by Crippen LogP contribution is -2.08. The zero-order valence-corrected chi connectivity index (χ0v) is 9.43. The maximum atomic E-state index is 11.7. The third kappa shape index (κ3) is 1.96. The van der Waals surface area contributed by atoms with Crippen LogP contribution in [-0.4, -0.2) is 29.8 Å². The van der Waals surface area contributed by atoms with Gasteiger partial charge in [0.25, 0.3) is 11.6 Å². The Morgan fingerprint density at radius 2 is 2.12 bits per heavy atom. The Morgan fingerprint density at radius 1 is 1.41 bits per heavy atom. The number of anilines is 1. The van der Waals surface area contributed by atoms with Gasteiger partial charge in [-0.15, -0.1) is 0 Å². The molecule has 2 rings (SSSR count). The van der Waals surface area contributed by atoms with Gasteiger partial charge in [0.2, 0.25) is 0 Å². The van der Waals surface area contributed by atoms with E-state index in [-0.39, 0.29) is 11.6 Å². The van der Waals surface area contributed by atoms with Gasteiger partial charge in [-0.25, -0.2) is 0 Å². The minimum Gasteiger partial charge on any atom is -0.383 e. The number of benzene rings is 1. The zero-order valence-electron chi connectivity index (χ0n) is 9.43. The maximum Gasteiger partial charge on any atom is 0.270 e. The average molecular weight is 233 g/mol. The summed E-state index contributed by atoms with van der Waals surface area (Å²) >= 11 is 0. The van der Waals surface area contributed by atoms with Crippen molar-refractivity contribution < 1.29 is 9.72 Å². The number of carbonyl (C=O) groups excluding carboxylic acids is 1. The number of amides is 1. The van der Waals surface area contributed by atoms with Crippen LogP contribution < -0.4 is 5.32 Å². The predicted molar refractivity (Wildman–Crippen MR) is 63.4 cm³/mol. The van der Waals surface area contributed by atoms with E-state index in [9.17, 15) is 14.9 Å². The lowest BCUT2D eigenvalue weighted by molar-refractivity contribution is -0.384. The van der Waals surface area contributed by atoms with Crippen molar-refractivity contribution in [1.29, 1.82) is 0 Å². The van der Waals surface area contributed by atoms with Crippen molar-refractivity contribution in [1.82, 2.24) is 4.90 Å². The van der Waals surface area contributed by atoms with Gasteiger partial charge in [0.1, 0.15) is 0 Å². The van der Waals surface area contributed by atoms with E-state index in [1.54, 1.807) is 31.3 Å². The molecule has 1 aliphatic rings. The van der Waals surface area contributed by atoms with E-state index in [1.807, 2.05) is 0 Å². The summed E-state index contributed by atoms with van der Waals surface area (Å²) in [5, 5.41) is 13.3. The first kappa shape index (κ1) is 11.1. The van der Waals surface area contributed by atoms with E-state index in [1.165, 1.54) is 12.1 Å². The van der Waals surface area contributed by atoms with E-state index in [4.69, 9.17) is 0 Å². The molecule has 0 atom stereocenters. The molecule has 88 valence electrons. The van der Waals surface area contributed by atoms with Crippen LogP contribution in [0.3, 0.4) is 0 Å². The second kappa shape index (κ2) is 3.89. The van der Waals surface area contributed by atoms with Crippen LogP contribution in [0, 0.1) is 10.1 Å². The van der Waals surface area contributed by atoms with Crippen molar-refractivity contribution in [2.24, 2.45) is 0 Å². The molecule has 0 spiro atoms. The lowest BCUT2D eigenvalue weighted by atomic mass is 10.1. The quantitative estimate of drug-likeness (QED) is 0.476. The number of hydrogen-bond donors (Lipinski definition) is 1. The van der Waals surface area contributed by atoms with Crippen molar-refractivity contribution in [3.8, 4) is 0 Å². The van der Waals surface area contributed by atoms with Crippen LogP contribution in [0.1, 0.15) is 5.56 Å². The number of nitrogens with zero attached hydrogens (tertiary/aromatic N) is 2. The maximum absolute atomic E-state index is 11.7. The summed E-state index contributed by atoms with van der Waals surface area (Å²) in [5.74, 6) is -0.241. The molecule has 1 aliphatic heterocycles. The van der Waals surface area contributed by atoms with Gasteiger partial charge in [0, 0.05) is 43.7 Å². The van der Waals surface area contributed by atoms with Crippen molar-refractivity contribution >= 4 is 22.9 Å². The summed E-state index contributed by atoms with van der Waals surface area (Å²) in [6.07, 6.45) is 1.64. The standard InChI is InChI=1S/C11H11N3O3/c1-13(2)6-9-8-5-7(14(16)17)3-4-10(8)12-11(9)15/h3-6H,1-2H3,(H,12,15). The first-order valence-electron chi connectivity index (χ1n) is 4.97. The second-order valence-electron chi connectivity index (χ2n) is 3.95. The van der Waals surface area contributed by atoms with Gasteiger partial charge in [0.15, 0.2) is 0 Å². The number of rotatable bonds is 2. The van der Waals surface area contributed by atoms with Crippen molar-refractivity contribution in [2.45, 2.75) is 0 Å². The number of non-ortho nitro benzene ring substituents is 1. The minimum atomic E-state index is -0.476. The van der Waals surface area contributed by atoms with Gasteiger partial charge in [-0.3, -0.25) is 14.9 Å². The fourth-order valence-corrected chi connectivity index (χ4v) is 1.68. The number of fused-ring (bicyclic) bond motifs is 1. The molecule has 0 bridgehead atoms. The summed E-state index contributed by atoms with van der Waals surface area (Å²) in [7, 11) is 3.57. The topological polar surface area (TPSA) is 75.5 Å². The minimum absolute atomic E-state index is 0.0232. The zero-order chi connectivity index (χ0) is 12.6. The predicted octanol–water partition coefficient (Wildman–Crippen LogP) is 1.45. The molecule has 0 saturated carbocycles. The van der Waals surface area contributed by atoms with Gasteiger partial charge in [-0.2, -0.15) is 0 Å². The van der Waals surface area contributed by atoms with Crippen LogP contribution in [0.25, 0.3) is 5.57 Å². The van der Waals surface area contributed by atoms with Crippen molar-refractivity contribution in [2.75, 3.05) is 19.4 Å². The van der Waals surface area contributed by atoms with Crippen LogP contribution >= 0.6 is 0 Å². The Balaban J connectivity index is 2.54. The summed E-state index contributed by atoms with van der Waals surface area (Å²) in [6, 6.07) is 4.32. The Kier molecular flexibility index (Phi) is 2.55. The molecule has 0 aliphatic carbocycles. The highest BCUT2D eigenvalue weighted by Crippen LogP contribution is 2.34. The molecule has 6 heteroatoms. The molecule has 1 N–H and O–H groups in total. The van der Waals surface area contributed by atoms with Crippen LogP contribution in [0.5, 0.6) is 0 Å². The van der Waals surface area contributed by atoms with E-state index in [2.05, 4.69) is 5.32 Å². The number of nitrogens with one attached hydrogen (secondary N) is 1. The van der Waals surface area contributed by atoms with Gasteiger partial charge in [0.05, 0.1) is 10.5 Å². The average Bonchev–Trinajstić information content (AvgIpc) is 2.54. The molecule has 1 aromatic rings. The molecule has 0 aromatic heterocycles. The molecule has 1 amide bonds. The van der Waals surface area contributed by atoms with Crippen LogP contribution in [-0.2, 0) is 4.79 Å². The molecule has 0 fully saturated rings. The van der Waals surface area contributed by atoms with Crippen molar-refractivity contribution in [3.63, 3.8) is 0 Å². The van der Waals surface area contributed by atoms with Crippen molar-refractivity contribution in [3.05, 3.63) is 40.1 Å². The fraction of sp³-hybridized carbons (Fsp3) is 0.182. The van der Waals surface area contributed by atoms with Gasteiger partial charge >= 0.3 is 0 Å². The van der Waals surface area contributed by atoms with Crippen LogP contribution in [0.15, 0.2) is 24.4 Å². The summed E-state index contributed by atoms with van der Waals surface area (Å²) in [5.41, 5.74) is 1.59. The third-order valence-electron chi connectivity index (χ3n) is 2.38. The molecule has 1 aromatic carbocycles. The number of nitro groups is 1. The third-order valence-corrected chi connectivity index (χ3v) is 2.38. The Morgan fingerprint density at radius 3 is 2.71 bits per heavy atom. The largest absolute Gasteiger partial charge is 0.383 e. The number of hydrogen-bond acceptors (Lipinski definition) is 4. The Labute approximate surface area is 97.7 Å². The Bertz CT molecular complexity index is 535. The van der Waals surface area contributed by atoms with Gasteiger partial charge in [-0.1, -0.05) is 0 Å². The van der Waals surface area contributed by atoms with E-state index >= 15 is 0 Å². The van der Waals surface area contributed by atoms with Gasteiger partial charge < -0.3 is 10.2 Å². The number of carbonyl (C=O) groups is 1. The smallest absolute Gasteiger partial charge is 0.270 e. The monoisotopic (exact) mass is 233 g/mol. The van der Waals surface area contributed by atoms with Gasteiger partial charge in [-0.05, 0) is 6.07 Å². The normalized spacial score (nSPS) is 15.6. The Hall–Kier alpha value is -2.37. The summed E-state index contributed by atoms with van der Waals surface area (Å²) in [4.78, 5) is 23.6. The second-order valence-corrected chi connectivity index (χ2v) is 3.95. The SMILES string of the molecule is CN(C)C=C1C(=O)Nc2ccc([N+](=O)[O-])cc21. The highest BCUT2D eigenvalue weighted by Gasteiger charge is 2.26. The molecule has 0 saturated heterocycles. The summed E-state index contributed by atoms with van der Waals surface area (Å²) < 4.78 is 0. The fourth-order valence-electron chi connectivity index (χ4n) is 1.68. The molecule has 1 heterocycles. The first-order chi connectivity index (χ1) is 7.99. The highest BCUT2D eigenvalue weighted by atomic mass is 16.6. The molecule has 6 nitrogen and oxygen atoms in total. The summed E-state index contributed by atoms with van der Waals surface area (Å²) in [6.45, 7) is 0.